The number of rotatable bonds is 4. The van der Waals surface area contributed by atoms with E-state index in [-0.39, 0.29) is 5.56 Å². The maximum Gasteiger partial charge on any atom is 0.255 e. The van der Waals surface area contributed by atoms with Crippen molar-refractivity contribution in [1.29, 1.82) is 0 Å². The highest BCUT2D eigenvalue weighted by Crippen LogP contribution is 2.08. The predicted molar refractivity (Wildman–Crippen MR) is 66.9 cm³/mol. The second-order valence-electron chi connectivity index (χ2n) is 4.15. The van der Waals surface area contributed by atoms with E-state index in [9.17, 15) is 4.79 Å². The van der Waals surface area contributed by atoms with Crippen LogP contribution in [0, 0.1) is 0 Å². The van der Waals surface area contributed by atoms with Gasteiger partial charge in [0.05, 0.1) is 0 Å². The summed E-state index contributed by atoms with van der Waals surface area (Å²) in [4.78, 5) is 11.8. The average molecular weight is 215 g/mol. The molecule has 84 valence electrons. The van der Waals surface area contributed by atoms with E-state index < -0.39 is 0 Å². The number of aryl methyl sites for hydroxylation is 1. The molecular formula is C14H17NO. The summed E-state index contributed by atoms with van der Waals surface area (Å²) in [5.41, 5.74) is 2.22. The van der Waals surface area contributed by atoms with Crippen molar-refractivity contribution in [2.45, 2.75) is 32.6 Å². The molecule has 0 saturated heterocycles. The molecule has 0 aliphatic rings. The number of pyridine rings is 2. The first-order chi connectivity index (χ1) is 7.81. The molecule has 0 aliphatic heterocycles. The molecule has 0 unspecified atom stereocenters. The van der Waals surface area contributed by atoms with Crippen LogP contribution < -0.4 is 5.56 Å². The lowest BCUT2D eigenvalue weighted by atomic mass is 10.1. The fourth-order valence-electron chi connectivity index (χ4n) is 1.96. The first-order valence-electron chi connectivity index (χ1n) is 5.91. The van der Waals surface area contributed by atoms with E-state index in [1.807, 2.05) is 24.4 Å². The van der Waals surface area contributed by atoms with Crippen molar-refractivity contribution in [2.24, 2.45) is 0 Å². The number of unbranched alkanes of at least 4 members (excludes halogenated alkanes) is 2. The first-order valence-corrected chi connectivity index (χ1v) is 5.91. The van der Waals surface area contributed by atoms with Crippen molar-refractivity contribution in [2.75, 3.05) is 0 Å². The van der Waals surface area contributed by atoms with Gasteiger partial charge in [0.1, 0.15) is 0 Å². The minimum atomic E-state index is 0.0737. The molecule has 0 amide bonds. The molecule has 0 saturated carbocycles. The Bertz CT molecular complexity index is 527. The molecule has 2 heteroatoms. The van der Waals surface area contributed by atoms with Gasteiger partial charge in [-0.2, -0.15) is 0 Å². The van der Waals surface area contributed by atoms with E-state index in [1.165, 1.54) is 19.3 Å². The highest BCUT2D eigenvalue weighted by atomic mass is 16.1. The van der Waals surface area contributed by atoms with Gasteiger partial charge in [-0.3, -0.25) is 9.20 Å². The smallest absolute Gasteiger partial charge is 0.255 e. The molecule has 2 aromatic heterocycles. The molecule has 0 spiro atoms. The molecular weight excluding hydrogens is 198 g/mol. The summed E-state index contributed by atoms with van der Waals surface area (Å²) >= 11 is 0. The van der Waals surface area contributed by atoms with Crippen molar-refractivity contribution in [3.63, 3.8) is 0 Å². The third-order valence-corrected chi connectivity index (χ3v) is 2.84. The Hall–Kier alpha value is -1.57. The molecule has 16 heavy (non-hydrogen) atoms. The van der Waals surface area contributed by atoms with E-state index in [0.717, 1.165) is 17.5 Å². The van der Waals surface area contributed by atoms with E-state index in [0.29, 0.717) is 0 Å². The number of aromatic nitrogens is 1. The summed E-state index contributed by atoms with van der Waals surface area (Å²) in [7, 11) is 0. The Morgan fingerprint density at radius 2 is 2.06 bits per heavy atom. The summed E-state index contributed by atoms with van der Waals surface area (Å²) in [5, 5.41) is 0. The van der Waals surface area contributed by atoms with Gasteiger partial charge in [-0.15, -0.1) is 0 Å². The second kappa shape index (κ2) is 4.97. The monoisotopic (exact) mass is 215 g/mol. The zero-order valence-electron chi connectivity index (χ0n) is 9.65. The third kappa shape index (κ3) is 2.32. The Morgan fingerprint density at radius 3 is 2.88 bits per heavy atom. The number of nitrogens with zero attached hydrogens (tertiary/aromatic N) is 1. The number of hydrogen-bond acceptors (Lipinski definition) is 1. The third-order valence-electron chi connectivity index (χ3n) is 2.84. The Kier molecular flexibility index (Phi) is 3.40. The van der Waals surface area contributed by atoms with Crippen molar-refractivity contribution < 1.29 is 0 Å². The van der Waals surface area contributed by atoms with Crippen LogP contribution in [0.1, 0.15) is 31.7 Å². The summed E-state index contributed by atoms with van der Waals surface area (Å²) in [6, 6.07) is 9.68. The lowest BCUT2D eigenvalue weighted by Gasteiger charge is -2.04. The summed E-state index contributed by atoms with van der Waals surface area (Å²) in [6.45, 7) is 2.19. The normalized spacial score (nSPS) is 10.8. The van der Waals surface area contributed by atoms with Gasteiger partial charge in [-0.1, -0.05) is 25.8 Å². The molecule has 0 aliphatic carbocycles. The SMILES string of the molecule is CCCCCc1cc(=O)n2ccccc2c1. The second-order valence-corrected chi connectivity index (χ2v) is 4.15. The number of fused-ring (bicyclic) bond motifs is 1. The van der Waals surface area contributed by atoms with E-state index >= 15 is 0 Å². The zero-order chi connectivity index (χ0) is 11.4. The van der Waals surface area contributed by atoms with Gasteiger partial charge in [-0.25, -0.2) is 0 Å². The van der Waals surface area contributed by atoms with Gasteiger partial charge >= 0.3 is 0 Å². The standard InChI is InChI=1S/C14H17NO/c1-2-3-4-7-12-10-13-8-5-6-9-15(13)14(16)11-12/h5-6,8-11H,2-4,7H2,1H3. The predicted octanol–water partition coefficient (Wildman–Crippen LogP) is 3.03. The molecule has 0 aromatic carbocycles. The van der Waals surface area contributed by atoms with Crippen LogP contribution in [0.5, 0.6) is 0 Å². The minimum Gasteiger partial charge on any atom is -0.284 e. The van der Waals surface area contributed by atoms with Gasteiger partial charge in [0.15, 0.2) is 0 Å². The van der Waals surface area contributed by atoms with E-state index in [1.54, 1.807) is 10.5 Å². The summed E-state index contributed by atoms with van der Waals surface area (Å²) in [5.74, 6) is 0. The molecule has 2 rings (SSSR count). The molecule has 0 N–H and O–H groups in total. The average Bonchev–Trinajstić information content (AvgIpc) is 2.30. The van der Waals surface area contributed by atoms with Gasteiger partial charge in [0, 0.05) is 17.8 Å². The van der Waals surface area contributed by atoms with Crippen LogP contribution in [-0.4, -0.2) is 4.40 Å². The minimum absolute atomic E-state index is 0.0737. The van der Waals surface area contributed by atoms with Crippen molar-refractivity contribution in [3.8, 4) is 0 Å². The molecule has 0 radical (unpaired) electrons. The Balaban J connectivity index is 2.31. The molecule has 2 heterocycles. The fraction of sp³-hybridized carbons (Fsp3) is 0.357. The van der Waals surface area contributed by atoms with E-state index in [2.05, 4.69) is 13.0 Å². The summed E-state index contributed by atoms with van der Waals surface area (Å²) < 4.78 is 1.68. The first kappa shape index (κ1) is 10.9. The van der Waals surface area contributed by atoms with Crippen LogP contribution >= 0.6 is 0 Å². The van der Waals surface area contributed by atoms with Crippen molar-refractivity contribution in [3.05, 3.63) is 52.4 Å². The lowest BCUT2D eigenvalue weighted by molar-refractivity contribution is 0.716. The Labute approximate surface area is 95.5 Å². The maximum atomic E-state index is 11.8. The highest BCUT2D eigenvalue weighted by Gasteiger charge is 1.99. The Morgan fingerprint density at radius 1 is 1.19 bits per heavy atom. The fourth-order valence-corrected chi connectivity index (χ4v) is 1.96. The largest absolute Gasteiger partial charge is 0.284 e. The molecule has 2 aromatic rings. The van der Waals surface area contributed by atoms with Crippen molar-refractivity contribution >= 4 is 5.52 Å². The van der Waals surface area contributed by atoms with Gasteiger partial charge in [-0.05, 0) is 36.6 Å². The van der Waals surface area contributed by atoms with E-state index in [4.69, 9.17) is 0 Å². The highest BCUT2D eigenvalue weighted by molar-refractivity contribution is 5.48. The molecule has 0 atom stereocenters. The zero-order valence-corrected chi connectivity index (χ0v) is 9.65. The number of hydrogen-bond donors (Lipinski definition) is 0. The molecule has 0 bridgehead atoms. The van der Waals surface area contributed by atoms with Crippen LogP contribution in [0.2, 0.25) is 0 Å². The van der Waals surface area contributed by atoms with Crippen LogP contribution in [0.4, 0.5) is 0 Å². The molecule has 0 fully saturated rings. The van der Waals surface area contributed by atoms with Gasteiger partial charge < -0.3 is 0 Å². The van der Waals surface area contributed by atoms with Crippen LogP contribution in [-0.2, 0) is 6.42 Å². The van der Waals surface area contributed by atoms with Gasteiger partial charge in [0.25, 0.3) is 5.56 Å². The van der Waals surface area contributed by atoms with Crippen LogP contribution in [0.25, 0.3) is 5.52 Å². The quantitative estimate of drug-likeness (QED) is 0.718. The van der Waals surface area contributed by atoms with Gasteiger partial charge in [0.2, 0.25) is 0 Å². The topological polar surface area (TPSA) is 21.5 Å². The molecule has 2 nitrogen and oxygen atoms in total. The lowest BCUT2D eigenvalue weighted by Crippen LogP contribution is -2.12. The summed E-state index contributed by atoms with van der Waals surface area (Å²) in [6.07, 6.45) is 6.43. The maximum absolute atomic E-state index is 11.8. The van der Waals surface area contributed by atoms with Crippen LogP contribution in [0.3, 0.4) is 0 Å². The van der Waals surface area contributed by atoms with Crippen LogP contribution in [0.15, 0.2) is 41.3 Å². The van der Waals surface area contributed by atoms with Crippen molar-refractivity contribution in [1.82, 2.24) is 4.40 Å².